The van der Waals surface area contributed by atoms with Gasteiger partial charge in [0.1, 0.15) is 12.6 Å². The Bertz CT molecular complexity index is 1400. The van der Waals surface area contributed by atoms with Crippen LogP contribution in [0.4, 0.5) is 5.69 Å². The Labute approximate surface area is 235 Å². The number of carbonyl (C=O) groups excluding carboxylic acids is 2. The van der Waals surface area contributed by atoms with Crippen molar-refractivity contribution in [1.82, 2.24) is 10.2 Å². The zero-order valence-electron chi connectivity index (χ0n) is 19.8. The van der Waals surface area contributed by atoms with E-state index >= 15 is 0 Å². The first-order valence-corrected chi connectivity index (χ1v) is 13.9. The second-order valence-electron chi connectivity index (χ2n) is 7.97. The van der Waals surface area contributed by atoms with Crippen LogP contribution >= 0.6 is 46.4 Å². The largest absolute Gasteiger partial charge is 0.357 e. The summed E-state index contributed by atoms with van der Waals surface area (Å²) >= 11 is 24.7. The average Bonchev–Trinajstić information content (AvgIpc) is 2.86. The Morgan fingerprint density at radius 1 is 0.892 bits per heavy atom. The maximum Gasteiger partial charge on any atom is 0.264 e. The molecule has 0 aliphatic rings. The minimum Gasteiger partial charge on any atom is -0.357 e. The van der Waals surface area contributed by atoms with E-state index in [0.29, 0.717) is 20.6 Å². The second kappa shape index (κ2) is 12.4. The van der Waals surface area contributed by atoms with E-state index in [1.165, 1.54) is 55.3 Å². The van der Waals surface area contributed by atoms with Crippen LogP contribution in [-0.2, 0) is 26.2 Å². The van der Waals surface area contributed by atoms with Gasteiger partial charge in [0.2, 0.25) is 11.8 Å². The molecule has 2 amide bonds. The summed E-state index contributed by atoms with van der Waals surface area (Å²) in [5.41, 5.74) is 0.581. The van der Waals surface area contributed by atoms with Crippen molar-refractivity contribution in [2.45, 2.75) is 24.4 Å². The topological polar surface area (TPSA) is 86.8 Å². The summed E-state index contributed by atoms with van der Waals surface area (Å²) in [6, 6.07) is 15.7. The lowest BCUT2D eigenvalue weighted by Gasteiger charge is -2.32. The first kappa shape index (κ1) is 29.1. The van der Waals surface area contributed by atoms with Crippen LogP contribution in [0.15, 0.2) is 71.6 Å². The zero-order chi connectivity index (χ0) is 27.3. The summed E-state index contributed by atoms with van der Waals surface area (Å²) in [6.45, 7) is 0.813. The summed E-state index contributed by atoms with van der Waals surface area (Å²) < 4.78 is 28.3. The maximum atomic E-state index is 13.7. The molecule has 1 unspecified atom stereocenters. The van der Waals surface area contributed by atoms with Crippen LogP contribution in [0.25, 0.3) is 0 Å². The van der Waals surface area contributed by atoms with Gasteiger partial charge in [-0.3, -0.25) is 13.9 Å². The molecule has 0 spiro atoms. The lowest BCUT2D eigenvalue weighted by molar-refractivity contribution is -0.139. The predicted octanol–water partition coefficient (Wildman–Crippen LogP) is 5.66. The highest BCUT2D eigenvalue weighted by Gasteiger charge is 2.33. The average molecular weight is 603 g/mol. The van der Waals surface area contributed by atoms with Crippen molar-refractivity contribution >= 4 is 73.9 Å². The summed E-state index contributed by atoms with van der Waals surface area (Å²) in [5.74, 6) is -1.10. The molecule has 3 rings (SSSR count). The molecule has 37 heavy (non-hydrogen) atoms. The van der Waals surface area contributed by atoms with Crippen LogP contribution in [0, 0.1) is 0 Å². The van der Waals surface area contributed by atoms with E-state index in [1.54, 1.807) is 30.3 Å². The Morgan fingerprint density at radius 2 is 1.49 bits per heavy atom. The Morgan fingerprint density at radius 3 is 2.05 bits per heavy atom. The fourth-order valence-corrected chi connectivity index (χ4v) is 6.02. The highest BCUT2D eigenvalue weighted by molar-refractivity contribution is 7.92. The highest BCUT2D eigenvalue weighted by Crippen LogP contribution is 2.33. The molecule has 12 heteroatoms. The summed E-state index contributed by atoms with van der Waals surface area (Å²) in [5, 5.41) is 3.54. The smallest absolute Gasteiger partial charge is 0.264 e. The Balaban J connectivity index is 2.07. The first-order chi connectivity index (χ1) is 17.4. The van der Waals surface area contributed by atoms with Gasteiger partial charge < -0.3 is 10.2 Å². The van der Waals surface area contributed by atoms with Gasteiger partial charge in [0.05, 0.1) is 15.6 Å². The third-order valence-electron chi connectivity index (χ3n) is 5.56. The van der Waals surface area contributed by atoms with Crippen LogP contribution in [0.3, 0.4) is 0 Å². The molecule has 1 atom stereocenters. The number of benzene rings is 3. The SMILES string of the molecule is CNC(=O)C(C)N(Cc1ccc(Cl)cc1Cl)C(=O)CN(c1ccc(Cl)cc1Cl)S(=O)(=O)c1ccccc1. The van der Waals surface area contributed by atoms with Gasteiger partial charge in [-0.15, -0.1) is 0 Å². The van der Waals surface area contributed by atoms with E-state index in [-0.39, 0.29) is 22.2 Å². The van der Waals surface area contributed by atoms with Gasteiger partial charge in [0.25, 0.3) is 10.0 Å². The summed E-state index contributed by atoms with van der Waals surface area (Å²) in [4.78, 5) is 27.5. The van der Waals surface area contributed by atoms with Gasteiger partial charge in [0.15, 0.2) is 0 Å². The van der Waals surface area contributed by atoms with Crippen LogP contribution < -0.4 is 9.62 Å². The number of halogens is 4. The van der Waals surface area contributed by atoms with Crippen LogP contribution in [-0.4, -0.2) is 44.8 Å². The molecule has 196 valence electrons. The number of hydrogen-bond acceptors (Lipinski definition) is 4. The van der Waals surface area contributed by atoms with E-state index in [2.05, 4.69) is 5.32 Å². The number of hydrogen-bond donors (Lipinski definition) is 1. The standard InChI is InChI=1S/C25H23Cl4N3O4S/c1-16(25(34)30-2)31(14-17-8-9-18(26)12-21(17)28)24(33)15-32(23-11-10-19(27)13-22(23)29)37(35,36)20-6-4-3-5-7-20/h3-13,16H,14-15H2,1-2H3,(H,30,34). The number of nitrogens with zero attached hydrogens (tertiary/aromatic N) is 2. The fourth-order valence-electron chi connectivity index (χ4n) is 3.54. The minimum absolute atomic E-state index is 0.0338. The molecule has 0 fully saturated rings. The number of likely N-dealkylation sites (N-methyl/N-ethyl adjacent to an activating group) is 1. The van der Waals surface area contributed by atoms with Crippen LogP contribution in [0.1, 0.15) is 12.5 Å². The summed E-state index contributed by atoms with van der Waals surface area (Å²) in [6.07, 6.45) is 0. The minimum atomic E-state index is -4.24. The third-order valence-corrected chi connectivity index (χ3v) is 8.46. The zero-order valence-corrected chi connectivity index (χ0v) is 23.6. The molecule has 0 saturated carbocycles. The molecule has 3 aromatic rings. The Hall–Kier alpha value is -2.49. The number of amides is 2. The molecule has 0 bridgehead atoms. The number of carbonyl (C=O) groups is 2. The number of anilines is 1. The molecular weight excluding hydrogens is 580 g/mol. The van der Waals surface area contributed by atoms with Gasteiger partial charge >= 0.3 is 0 Å². The maximum absolute atomic E-state index is 13.7. The fraction of sp³-hybridized carbons (Fsp3) is 0.200. The van der Waals surface area contributed by atoms with Crippen molar-refractivity contribution in [3.8, 4) is 0 Å². The summed E-state index contributed by atoms with van der Waals surface area (Å²) in [7, 11) is -2.80. The van der Waals surface area contributed by atoms with Crippen molar-refractivity contribution in [2.24, 2.45) is 0 Å². The lowest BCUT2D eigenvalue weighted by Crippen LogP contribution is -2.50. The van der Waals surface area contributed by atoms with Gasteiger partial charge in [-0.2, -0.15) is 0 Å². The monoisotopic (exact) mass is 601 g/mol. The molecule has 0 aromatic heterocycles. The highest BCUT2D eigenvalue weighted by atomic mass is 35.5. The van der Waals surface area contributed by atoms with Gasteiger partial charge in [0, 0.05) is 28.7 Å². The predicted molar refractivity (Wildman–Crippen MR) is 148 cm³/mol. The molecule has 0 saturated heterocycles. The number of rotatable bonds is 9. The number of nitrogens with one attached hydrogen (secondary N) is 1. The van der Waals surface area contributed by atoms with E-state index in [4.69, 9.17) is 46.4 Å². The van der Waals surface area contributed by atoms with Crippen molar-refractivity contribution in [3.05, 3.63) is 92.4 Å². The van der Waals surface area contributed by atoms with Crippen LogP contribution in [0.2, 0.25) is 20.1 Å². The van der Waals surface area contributed by atoms with Crippen molar-refractivity contribution in [2.75, 3.05) is 17.9 Å². The normalized spacial score (nSPS) is 12.1. The molecule has 0 aliphatic heterocycles. The first-order valence-electron chi connectivity index (χ1n) is 10.9. The van der Waals surface area contributed by atoms with E-state index in [1.807, 2.05) is 0 Å². The third kappa shape index (κ3) is 6.89. The molecule has 7 nitrogen and oxygen atoms in total. The quantitative estimate of drug-likeness (QED) is 0.342. The lowest BCUT2D eigenvalue weighted by atomic mass is 10.1. The van der Waals surface area contributed by atoms with Gasteiger partial charge in [-0.1, -0.05) is 70.7 Å². The van der Waals surface area contributed by atoms with E-state index in [0.717, 1.165) is 4.31 Å². The van der Waals surface area contributed by atoms with E-state index < -0.39 is 34.4 Å². The molecular formula is C25H23Cl4N3O4S. The van der Waals surface area contributed by atoms with Crippen LogP contribution in [0.5, 0.6) is 0 Å². The van der Waals surface area contributed by atoms with Crippen molar-refractivity contribution in [1.29, 1.82) is 0 Å². The van der Waals surface area contributed by atoms with E-state index in [9.17, 15) is 18.0 Å². The van der Waals surface area contributed by atoms with Crippen molar-refractivity contribution in [3.63, 3.8) is 0 Å². The van der Waals surface area contributed by atoms with Crippen molar-refractivity contribution < 1.29 is 18.0 Å². The molecule has 0 aliphatic carbocycles. The Kier molecular flexibility index (Phi) is 9.72. The second-order valence-corrected chi connectivity index (χ2v) is 11.5. The molecule has 1 N–H and O–H groups in total. The molecule has 0 heterocycles. The van der Waals surface area contributed by atoms with Gasteiger partial charge in [-0.25, -0.2) is 8.42 Å². The number of sulfonamides is 1. The van der Waals surface area contributed by atoms with Gasteiger partial charge in [-0.05, 0) is 55.0 Å². The molecule has 3 aromatic carbocycles. The molecule has 0 radical (unpaired) electrons.